The van der Waals surface area contributed by atoms with E-state index in [2.05, 4.69) is 15.3 Å². The number of halogens is 1. The molecule has 1 heterocycles. The molecule has 6 nitrogen and oxygen atoms in total. The molecule has 1 aromatic heterocycles. The Labute approximate surface area is 129 Å². The second kappa shape index (κ2) is 7.93. The number of amides is 2. The van der Waals surface area contributed by atoms with Gasteiger partial charge in [0.2, 0.25) is 5.91 Å². The lowest BCUT2D eigenvalue weighted by Gasteiger charge is -2.21. The number of aromatic nitrogens is 2. The lowest BCUT2D eigenvalue weighted by atomic mass is 10.2. The van der Waals surface area contributed by atoms with Crippen LogP contribution in [0.1, 0.15) is 49.4 Å². The third-order valence-corrected chi connectivity index (χ3v) is 3.15. The van der Waals surface area contributed by atoms with Crippen molar-refractivity contribution in [3.05, 3.63) is 22.7 Å². The fourth-order valence-corrected chi connectivity index (χ4v) is 1.91. The van der Waals surface area contributed by atoms with E-state index in [0.717, 1.165) is 6.42 Å². The van der Waals surface area contributed by atoms with Crippen LogP contribution in [0.3, 0.4) is 0 Å². The predicted octanol–water partition coefficient (Wildman–Crippen LogP) is 1.85. The summed E-state index contributed by atoms with van der Waals surface area (Å²) >= 11 is 6.04. The molecule has 0 saturated carbocycles. The third kappa shape index (κ3) is 4.67. The largest absolute Gasteiger partial charge is 0.358 e. The van der Waals surface area contributed by atoms with E-state index in [1.807, 2.05) is 20.8 Å². The number of nitrogens with one attached hydrogen (secondary N) is 1. The molecule has 0 atom stereocenters. The van der Waals surface area contributed by atoms with Crippen LogP contribution in [-0.2, 0) is 4.79 Å². The van der Waals surface area contributed by atoms with Gasteiger partial charge >= 0.3 is 0 Å². The molecule has 0 aliphatic heterocycles. The molecule has 2 amide bonds. The third-order valence-electron chi connectivity index (χ3n) is 2.88. The Morgan fingerprint density at radius 2 is 2.10 bits per heavy atom. The molecule has 21 heavy (non-hydrogen) atoms. The van der Waals surface area contributed by atoms with Crippen molar-refractivity contribution in [2.75, 3.05) is 20.1 Å². The molecule has 116 valence electrons. The Bertz CT molecular complexity index is 520. The standard InChI is InChI=1S/C14H21ClN4O2/c1-5-6-19(8-11(20)16-4)14(21)12-10(15)7-17-13(18-12)9(2)3/h7,9H,5-6,8H2,1-4H3,(H,16,20). The van der Waals surface area contributed by atoms with Crippen LogP contribution in [0, 0.1) is 0 Å². The number of nitrogens with zero attached hydrogens (tertiary/aromatic N) is 3. The van der Waals surface area contributed by atoms with Gasteiger partial charge in [-0.1, -0.05) is 32.4 Å². The van der Waals surface area contributed by atoms with E-state index in [0.29, 0.717) is 12.4 Å². The number of hydrogen-bond donors (Lipinski definition) is 1. The van der Waals surface area contributed by atoms with Gasteiger partial charge in [-0.05, 0) is 6.42 Å². The number of carbonyl (C=O) groups is 2. The van der Waals surface area contributed by atoms with E-state index in [1.165, 1.54) is 18.1 Å². The van der Waals surface area contributed by atoms with Gasteiger partial charge in [0.05, 0.1) is 17.8 Å². The Morgan fingerprint density at radius 3 is 2.62 bits per heavy atom. The highest BCUT2D eigenvalue weighted by Gasteiger charge is 2.22. The number of hydrogen-bond acceptors (Lipinski definition) is 4. The molecule has 1 N–H and O–H groups in total. The molecule has 0 spiro atoms. The number of carbonyl (C=O) groups excluding carboxylic acids is 2. The van der Waals surface area contributed by atoms with E-state index in [1.54, 1.807) is 0 Å². The quantitative estimate of drug-likeness (QED) is 0.870. The van der Waals surface area contributed by atoms with Crippen LogP contribution in [0.15, 0.2) is 6.20 Å². The normalized spacial score (nSPS) is 10.6. The minimum atomic E-state index is -0.352. The average Bonchev–Trinajstić information content (AvgIpc) is 2.46. The first kappa shape index (κ1) is 17.4. The summed E-state index contributed by atoms with van der Waals surface area (Å²) in [5.41, 5.74) is 0.146. The molecular formula is C14H21ClN4O2. The van der Waals surface area contributed by atoms with Crippen LogP contribution in [0.4, 0.5) is 0 Å². The van der Waals surface area contributed by atoms with E-state index in [-0.39, 0.29) is 35.0 Å². The molecule has 0 saturated heterocycles. The summed E-state index contributed by atoms with van der Waals surface area (Å²) in [6, 6.07) is 0. The van der Waals surface area contributed by atoms with Gasteiger partial charge in [-0.25, -0.2) is 9.97 Å². The Kier molecular flexibility index (Phi) is 6.55. The van der Waals surface area contributed by atoms with Crippen molar-refractivity contribution < 1.29 is 9.59 Å². The summed E-state index contributed by atoms with van der Waals surface area (Å²) in [5.74, 6) is 0.0623. The van der Waals surface area contributed by atoms with Crippen LogP contribution in [0.2, 0.25) is 5.02 Å². The zero-order chi connectivity index (χ0) is 16.0. The minimum absolute atomic E-state index is 0.0134. The van der Waals surface area contributed by atoms with Crippen LogP contribution < -0.4 is 5.32 Å². The fourth-order valence-electron chi connectivity index (χ4n) is 1.73. The topological polar surface area (TPSA) is 75.2 Å². The molecule has 0 fully saturated rings. The van der Waals surface area contributed by atoms with Gasteiger partial charge in [0, 0.05) is 19.5 Å². The molecule has 0 aromatic carbocycles. The van der Waals surface area contributed by atoms with Gasteiger partial charge in [0.15, 0.2) is 5.69 Å². The maximum Gasteiger partial charge on any atom is 0.274 e. The van der Waals surface area contributed by atoms with Crippen molar-refractivity contribution in [3.63, 3.8) is 0 Å². The first-order valence-corrected chi connectivity index (χ1v) is 7.30. The predicted molar refractivity (Wildman–Crippen MR) is 81.4 cm³/mol. The highest BCUT2D eigenvalue weighted by atomic mass is 35.5. The van der Waals surface area contributed by atoms with Gasteiger partial charge in [0.1, 0.15) is 5.82 Å². The van der Waals surface area contributed by atoms with Crippen LogP contribution in [0.5, 0.6) is 0 Å². The lowest BCUT2D eigenvalue weighted by molar-refractivity contribution is -0.121. The first-order chi connectivity index (χ1) is 9.90. The molecule has 1 aromatic rings. The fraction of sp³-hybridized carbons (Fsp3) is 0.571. The summed E-state index contributed by atoms with van der Waals surface area (Å²) in [5, 5.41) is 2.70. The van der Waals surface area contributed by atoms with Gasteiger partial charge in [0.25, 0.3) is 5.91 Å². The van der Waals surface area contributed by atoms with E-state index >= 15 is 0 Å². The van der Waals surface area contributed by atoms with Gasteiger partial charge in [-0.2, -0.15) is 0 Å². The van der Waals surface area contributed by atoms with Crippen LogP contribution in [0.25, 0.3) is 0 Å². The molecule has 0 aliphatic rings. The molecule has 7 heteroatoms. The Morgan fingerprint density at radius 1 is 1.43 bits per heavy atom. The smallest absolute Gasteiger partial charge is 0.274 e. The van der Waals surface area contributed by atoms with Crippen molar-refractivity contribution in [3.8, 4) is 0 Å². The van der Waals surface area contributed by atoms with Crippen LogP contribution >= 0.6 is 11.6 Å². The first-order valence-electron chi connectivity index (χ1n) is 6.93. The molecule has 0 unspecified atom stereocenters. The summed E-state index contributed by atoms with van der Waals surface area (Å²) in [4.78, 5) is 33.9. The second-order valence-electron chi connectivity index (χ2n) is 4.98. The van der Waals surface area contributed by atoms with E-state index in [4.69, 9.17) is 11.6 Å². The molecule has 1 rings (SSSR count). The van der Waals surface area contributed by atoms with Crippen LogP contribution in [-0.4, -0.2) is 46.8 Å². The maximum absolute atomic E-state index is 12.6. The van der Waals surface area contributed by atoms with Crippen molar-refractivity contribution in [1.82, 2.24) is 20.2 Å². The van der Waals surface area contributed by atoms with Gasteiger partial charge in [-0.3, -0.25) is 9.59 Å². The van der Waals surface area contributed by atoms with Crippen molar-refractivity contribution >= 4 is 23.4 Å². The lowest BCUT2D eigenvalue weighted by Crippen LogP contribution is -2.40. The highest BCUT2D eigenvalue weighted by Crippen LogP contribution is 2.18. The Hall–Kier alpha value is -1.69. The molecule has 0 radical (unpaired) electrons. The van der Waals surface area contributed by atoms with Crippen molar-refractivity contribution in [1.29, 1.82) is 0 Å². The summed E-state index contributed by atoms with van der Waals surface area (Å²) in [6.07, 6.45) is 2.17. The summed E-state index contributed by atoms with van der Waals surface area (Å²) in [7, 11) is 1.53. The number of rotatable bonds is 6. The minimum Gasteiger partial charge on any atom is -0.358 e. The van der Waals surface area contributed by atoms with E-state index < -0.39 is 0 Å². The monoisotopic (exact) mass is 312 g/mol. The Balaban J connectivity index is 3.07. The SMILES string of the molecule is CCCN(CC(=O)NC)C(=O)c1nc(C(C)C)ncc1Cl. The highest BCUT2D eigenvalue weighted by molar-refractivity contribution is 6.33. The van der Waals surface area contributed by atoms with Gasteiger partial charge in [-0.15, -0.1) is 0 Å². The summed E-state index contributed by atoms with van der Waals surface area (Å²) in [6.45, 7) is 6.26. The zero-order valence-corrected chi connectivity index (χ0v) is 13.6. The van der Waals surface area contributed by atoms with Crippen molar-refractivity contribution in [2.24, 2.45) is 0 Å². The molecule has 0 bridgehead atoms. The van der Waals surface area contributed by atoms with Gasteiger partial charge < -0.3 is 10.2 Å². The van der Waals surface area contributed by atoms with E-state index in [9.17, 15) is 9.59 Å². The second-order valence-corrected chi connectivity index (χ2v) is 5.39. The summed E-state index contributed by atoms with van der Waals surface area (Å²) < 4.78 is 0. The number of likely N-dealkylation sites (N-methyl/N-ethyl adjacent to an activating group) is 1. The molecule has 0 aliphatic carbocycles. The molecular weight excluding hydrogens is 292 g/mol. The zero-order valence-electron chi connectivity index (χ0n) is 12.8. The maximum atomic E-state index is 12.6. The average molecular weight is 313 g/mol. The van der Waals surface area contributed by atoms with Crippen molar-refractivity contribution in [2.45, 2.75) is 33.1 Å².